The lowest BCUT2D eigenvalue weighted by atomic mass is 10.2. The molecule has 4 nitrogen and oxygen atoms in total. The molecule has 2 rings (SSSR count). The van der Waals surface area contributed by atoms with Crippen LogP contribution in [0.25, 0.3) is 0 Å². The molecule has 1 amide bonds. The monoisotopic (exact) mass is 374 g/mol. The van der Waals surface area contributed by atoms with E-state index in [-0.39, 0.29) is 5.91 Å². The Morgan fingerprint density at radius 2 is 2.14 bits per heavy atom. The smallest absolute Gasteiger partial charge is 0.238 e. The van der Waals surface area contributed by atoms with Crippen molar-refractivity contribution in [1.29, 1.82) is 0 Å². The topological polar surface area (TPSA) is 50.4 Å². The first-order valence-electron chi connectivity index (χ1n) is 7.25. The Bertz CT molecular complexity index is 505. The summed E-state index contributed by atoms with van der Waals surface area (Å²) in [5, 5.41) is 6.69. The fourth-order valence-electron chi connectivity index (χ4n) is 2.51. The van der Waals surface area contributed by atoms with Crippen LogP contribution in [0.2, 0.25) is 5.02 Å². The van der Waals surface area contributed by atoms with Crippen molar-refractivity contribution >= 4 is 39.1 Å². The molecule has 0 heterocycles. The van der Waals surface area contributed by atoms with Crippen LogP contribution >= 0.6 is 27.5 Å². The highest BCUT2D eigenvalue weighted by Crippen LogP contribution is 2.36. The average Bonchev–Trinajstić information content (AvgIpc) is 2.93. The molecule has 0 aliphatic heterocycles. The molecule has 1 saturated carbocycles. The molecule has 1 aliphatic rings. The molecule has 1 aliphatic carbocycles. The highest BCUT2D eigenvalue weighted by Gasteiger charge is 2.17. The summed E-state index contributed by atoms with van der Waals surface area (Å²) in [6.45, 7) is 2.72. The first-order chi connectivity index (χ1) is 10.1. The van der Waals surface area contributed by atoms with Crippen LogP contribution in [0.4, 0.5) is 5.69 Å². The summed E-state index contributed by atoms with van der Waals surface area (Å²) < 4.78 is 6.29. The van der Waals surface area contributed by atoms with Gasteiger partial charge in [-0.2, -0.15) is 0 Å². The quantitative estimate of drug-likeness (QED) is 0.791. The lowest BCUT2D eigenvalue weighted by Gasteiger charge is -2.15. The molecule has 0 atom stereocenters. The number of benzene rings is 1. The molecule has 0 radical (unpaired) electrons. The van der Waals surface area contributed by atoms with E-state index in [9.17, 15) is 4.79 Å². The van der Waals surface area contributed by atoms with Gasteiger partial charge in [0, 0.05) is 11.1 Å². The van der Waals surface area contributed by atoms with Crippen molar-refractivity contribution in [3.63, 3.8) is 0 Å². The molecule has 2 N–H and O–H groups in total. The van der Waals surface area contributed by atoms with E-state index in [4.69, 9.17) is 16.3 Å². The highest BCUT2D eigenvalue weighted by molar-refractivity contribution is 9.10. The average molecular weight is 376 g/mol. The van der Waals surface area contributed by atoms with E-state index in [1.807, 2.05) is 6.92 Å². The summed E-state index contributed by atoms with van der Waals surface area (Å²) in [4.78, 5) is 12.1. The first kappa shape index (κ1) is 16.6. The van der Waals surface area contributed by atoms with Gasteiger partial charge in [-0.1, -0.05) is 24.4 Å². The fourth-order valence-corrected chi connectivity index (χ4v) is 3.43. The minimum Gasteiger partial charge on any atom is -0.491 e. The molecule has 1 aromatic carbocycles. The Morgan fingerprint density at radius 3 is 2.81 bits per heavy atom. The molecule has 6 heteroatoms. The molecule has 0 aromatic heterocycles. The molecule has 0 saturated heterocycles. The number of hydrogen-bond donors (Lipinski definition) is 2. The molecule has 0 spiro atoms. The van der Waals surface area contributed by atoms with Crippen LogP contribution in [-0.4, -0.2) is 25.1 Å². The Hall–Kier alpha value is -0.780. The van der Waals surface area contributed by atoms with E-state index >= 15 is 0 Å². The number of halogens is 2. The van der Waals surface area contributed by atoms with E-state index in [0.29, 0.717) is 35.7 Å². The first-order valence-corrected chi connectivity index (χ1v) is 8.42. The van der Waals surface area contributed by atoms with Crippen LogP contribution in [0.3, 0.4) is 0 Å². The van der Waals surface area contributed by atoms with Crippen LogP contribution in [0.1, 0.15) is 32.6 Å². The number of nitrogens with one attached hydrogen (secondary N) is 2. The third kappa shape index (κ3) is 4.87. The van der Waals surface area contributed by atoms with Crippen LogP contribution < -0.4 is 15.4 Å². The number of carbonyl (C=O) groups excluding carboxylic acids is 1. The van der Waals surface area contributed by atoms with Crippen molar-refractivity contribution in [3.8, 4) is 5.75 Å². The SMILES string of the molecule is CCOc1c(Br)cc(Cl)cc1NC(=O)CNC1CCCC1. The fraction of sp³-hybridized carbons (Fsp3) is 0.533. The maximum atomic E-state index is 12.1. The molecule has 1 fully saturated rings. The van der Waals surface area contributed by atoms with Crippen molar-refractivity contribution < 1.29 is 9.53 Å². The number of amides is 1. The van der Waals surface area contributed by atoms with E-state index < -0.39 is 0 Å². The normalized spacial score (nSPS) is 15.2. The van der Waals surface area contributed by atoms with Crippen LogP contribution in [0, 0.1) is 0 Å². The van der Waals surface area contributed by atoms with Gasteiger partial charge in [-0.3, -0.25) is 4.79 Å². The number of rotatable bonds is 6. The Labute approximate surface area is 138 Å². The zero-order chi connectivity index (χ0) is 15.2. The highest BCUT2D eigenvalue weighted by atomic mass is 79.9. The van der Waals surface area contributed by atoms with Crippen molar-refractivity contribution in [2.24, 2.45) is 0 Å². The summed E-state index contributed by atoms with van der Waals surface area (Å²) >= 11 is 9.44. The number of ether oxygens (including phenoxy) is 1. The largest absolute Gasteiger partial charge is 0.491 e. The lowest BCUT2D eigenvalue weighted by Crippen LogP contribution is -2.34. The second-order valence-corrected chi connectivity index (χ2v) is 6.40. The standard InChI is InChI=1S/C15H20BrClN2O2/c1-2-21-15-12(16)7-10(17)8-13(15)19-14(20)9-18-11-5-3-4-6-11/h7-8,11,18H,2-6,9H2,1H3,(H,19,20). The molecule has 0 unspecified atom stereocenters. The molecular formula is C15H20BrClN2O2. The Morgan fingerprint density at radius 1 is 1.43 bits per heavy atom. The van der Waals surface area contributed by atoms with E-state index in [1.54, 1.807) is 12.1 Å². The summed E-state index contributed by atoms with van der Waals surface area (Å²) in [7, 11) is 0. The predicted octanol–water partition coefficient (Wildman–Crippen LogP) is 3.97. The van der Waals surface area contributed by atoms with E-state index in [0.717, 1.165) is 17.3 Å². The summed E-state index contributed by atoms with van der Waals surface area (Å²) in [5.41, 5.74) is 0.592. The second-order valence-electron chi connectivity index (χ2n) is 5.11. The third-order valence-corrected chi connectivity index (χ3v) is 4.28. The number of carbonyl (C=O) groups is 1. The van der Waals surface area contributed by atoms with Gasteiger partial charge in [0.15, 0.2) is 5.75 Å². The van der Waals surface area contributed by atoms with Crippen molar-refractivity contribution in [3.05, 3.63) is 21.6 Å². The lowest BCUT2D eigenvalue weighted by molar-refractivity contribution is -0.115. The second kappa shape index (κ2) is 8.01. The van der Waals surface area contributed by atoms with Crippen LogP contribution in [0.15, 0.2) is 16.6 Å². The van der Waals surface area contributed by atoms with Gasteiger partial charge in [-0.15, -0.1) is 0 Å². The minimum absolute atomic E-state index is 0.0861. The van der Waals surface area contributed by atoms with Gasteiger partial charge in [-0.25, -0.2) is 0 Å². The van der Waals surface area contributed by atoms with Crippen molar-refractivity contribution in [2.45, 2.75) is 38.6 Å². The minimum atomic E-state index is -0.0861. The molecule has 21 heavy (non-hydrogen) atoms. The van der Waals surface area contributed by atoms with Crippen LogP contribution in [-0.2, 0) is 4.79 Å². The van der Waals surface area contributed by atoms with Crippen LogP contribution in [0.5, 0.6) is 5.75 Å². The van der Waals surface area contributed by atoms with E-state index in [1.165, 1.54) is 12.8 Å². The molecule has 0 bridgehead atoms. The Kier molecular flexibility index (Phi) is 6.33. The van der Waals surface area contributed by atoms with Gasteiger partial charge in [0.05, 0.1) is 23.3 Å². The third-order valence-electron chi connectivity index (χ3n) is 3.48. The molecule has 1 aromatic rings. The molecule has 116 valence electrons. The number of hydrogen-bond acceptors (Lipinski definition) is 3. The summed E-state index contributed by atoms with van der Waals surface area (Å²) in [6.07, 6.45) is 4.80. The zero-order valence-electron chi connectivity index (χ0n) is 12.0. The zero-order valence-corrected chi connectivity index (χ0v) is 14.4. The van der Waals surface area contributed by atoms with E-state index in [2.05, 4.69) is 26.6 Å². The van der Waals surface area contributed by atoms with Gasteiger partial charge in [0.1, 0.15) is 0 Å². The van der Waals surface area contributed by atoms with Crippen molar-refractivity contribution in [1.82, 2.24) is 5.32 Å². The van der Waals surface area contributed by atoms with Gasteiger partial charge < -0.3 is 15.4 Å². The maximum absolute atomic E-state index is 12.1. The van der Waals surface area contributed by atoms with Gasteiger partial charge in [0.2, 0.25) is 5.91 Å². The van der Waals surface area contributed by atoms with Gasteiger partial charge in [0.25, 0.3) is 0 Å². The summed E-state index contributed by atoms with van der Waals surface area (Å²) in [6, 6.07) is 3.91. The summed E-state index contributed by atoms with van der Waals surface area (Å²) in [5.74, 6) is 0.521. The van der Waals surface area contributed by atoms with Gasteiger partial charge >= 0.3 is 0 Å². The maximum Gasteiger partial charge on any atom is 0.238 e. The Balaban J connectivity index is 1.98. The van der Waals surface area contributed by atoms with Crippen molar-refractivity contribution in [2.75, 3.05) is 18.5 Å². The number of anilines is 1. The predicted molar refractivity (Wildman–Crippen MR) is 89.2 cm³/mol. The molecular weight excluding hydrogens is 356 g/mol. The van der Waals surface area contributed by atoms with Gasteiger partial charge in [-0.05, 0) is 47.8 Å².